The Morgan fingerprint density at radius 1 is 1.05 bits per heavy atom. The van der Waals surface area contributed by atoms with Gasteiger partial charge in [-0.05, 0) is 29.8 Å². The number of hydrogen-bond acceptors (Lipinski definition) is 2. The molecule has 2 rings (SSSR count). The van der Waals surface area contributed by atoms with Crippen molar-refractivity contribution in [1.82, 2.24) is 0 Å². The van der Waals surface area contributed by atoms with Crippen LogP contribution in [0.3, 0.4) is 0 Å². The van der Waals surface area contributed by atoms with Crippen molar-refractivity contribution in [1.29, 1.82) is 0 Å². The molecule has 0 aromatic heterocycles. The summed E-state index contributed by atoms with van der Waals surface area (Å²) < 4.78 is 5.68. The molecule has 1 N–H and O–H groups in total. The molecule has 0 heterocycles. The summed E-state index contributed by atoms with van der Waals surface area (Å²) in [5, 5.41) is 10.2. The van der Waals surface area contributed by atoms with E-state index in [4.69, 9.17) is 39.5 Å². The van der Waals surface area contributed by atoms with E-state index in [1.165, 1.54) is 0 Å². The van der Waals surface area contributed by atoms with E-state index in [2.05, 4.69) is 0 Å². The lowest BCUT2D eigenvalue weighted by Crippen LogP contribution is -1.98. The maximum Gasteiger partial charge on any atom is 0.142 e. The van der Waals surface area contributed by atoms with Crippen LogP contribution in [0.5, 0.6) is 11.5 Å². The third-order valence-electron chi connectivity index (χ3n) is 2.55. The lowest BCUT2D eigenvalue weighted by atomic mass is 10.2. The Balaban J connectivity index is 2.17. The Hall–Kier alpha value is -1.09. The van der Waals surface area contributed by atoms with Crippen LogP contribution in [-0.4, -0.2) is 5.11 Å². The predicted octanol–water partition coefficient (Wildman–Crippen LogP) is 5.02. The monoisotopic (exact) mass is 316 g/mol. The summed E-state index contributed by atoms with van der Waals surface area (Å²) in [4.78, 5) is 0. The van der Waals surface area contributed by atoms with Gasteiger partial charge < -0.3 is 9.84 Å². The Morgan fingerprint density at radius 3 is 2.37 bits per heavy atom. The van der Waals surface area contributed by atoms with E-state index in [-0.39, 0.29) is 11.6 Å². The molecule has 100 valence electrons. The fourth-order valence-electron chi connectivity index (χ4n) is 1.62. The predicted molar refractivity (Wildman–Crippen MR) is 78.5 cm³/mol. The van der Waals surface area contributed by atoms with Crippen molar-refractivity contribution < 1.29 is 9.84 Å². The van der Waals surface area contributed by atoms with Gasteiger partial charge in [0, 0.05) is 10.6 Å². The van der Waals surface area contributed by atoms with Gasteiger partial charge in [0.25, 0.3) is 0 Å². The Kier molecular flexibility index (Phi) is 4.81. The number of aromatic hydroxyl groups is 1. The molecule has 5 heteroatoms. The molecule has 0 unspecified atom stereocenters. The average molecular weight is 318 g/mol. The van der Waals surface area contributed by atoms with Gasteiger partial charge in [-0.1, -0.05) is 35.3 Å². The molecule has 0 fully saturated rings. The molecule has 0 saturated carbocycles. The van der Waals surface area contributed by atoms with Crippen LogP contribution in [0.1, 0.15) is 11.1 Å². The fraction of sp³-hybridized carbons (Fsp3) is 0.143. The van der Waals surface area contributed by atoms with E-state index >= 15 is 0 Å². The van der Waals surface area contributed by atoms with E-state index in [9.17, 15) is 5.11 Å². The van der Waals surface area contributed by atoms with Crippen molar-refractivity contribution in [3.63, 3.8) is 0 Å². The number of phenols is 1. The van der Waals surface area contributed by atoms with Crippen LogP contribution in [0.4, 0.5) is 0 Å². The van der Waals surface area contributed by atoms with Crippen LogP contribution in [0, 0.1) is 0 Å². The zero-order valence-corrected chi connectivity index (χ0v) is 12.1. The Labute approximate surface area is 126 Å². The quantitative estimate of drug-likeness (QED) is 0.803. The van der Waals surface area contributed by atoms with Gasteiger partial charge >= 0.3 is 0 Å². The summed E-state index contributed by atoms with van der Waals surface area (Å²) in [5.41, 5.74) is 1.67. The first kappa shape index (κ1) is 14.3. The van der Waals surface area contributed by atoms with Gasteiger partial charge in [-0.15, -0.1) is 11.6 Å². The molecule has 0 aliphatic rings. The molecule has 0 spiro atoms. The van der Waals surface area contributed by atoms with Crippen molar-refractivity contribution in [2.24, 2.45) is 0 Å². The normalized spacial score (nSPS) is 10.5. The van der Waals surface area contributed by atoms with Gasteiger partial charge in [0.1, 0.15) is 18.1 Å². The number of hydrogen-bond donors (Lipinski definition) is 1. The van der Waals surface area contributed by atoms with Crippen LogP contribution in [0.25, 0.3) is 0 Å². The van der Waals surface area contributed by atoms with Crippen molar-refractivity contribution in [3.8, 4) is 11.5 Å². The van der Waals surface area contributed by atoms with Crippen LogP contribution in [0.15, 0.2) is 36.4 Å². The van der Waals surface area contributed by atoms with E-state index in [1.54, 1.807) is 36.4 Å². The Morgan fingerprint density at radius 2 is 1.74 bits per heavy atom. The van der Waals surface area contributed by atoms with Gasteiger partial charge in [0.2, 0.25) is 0 Å². The van der Waals surface area contributed by atoms with Crippen molar-refractivity contribution in [2.75, 3.05) is 0 Å². The van der Waals surface area contributed by atoms with E-state index < -0.39 is 0 Å². The zero-order chi connectivity index (χ0) is 13.8. The summed E-state index contributed by atoms with van der Waals surface area (Å²) in [5.74, 6) is 1.02. The second kappa shape index (κ2) is 6.38. The summed E-state index contributed by atoms with van der Waals surface area (Å²) in [6.07, 6.45) is 0. The second-order valence-corrected chi connectivity index (χ2v) is 5.08. The number of halogens is 3. The number of alkyl halides is 1. The molecule has 2 aromatic carbocycles. The summed E-state index contributed by atoms with van der Waals surface area (Å²) in [7, 11) is 0. The number of ether oxygens (including phenoxy) is 1. The second-order valence-electron chi connectivity index (χ2n) is 3.96. The van der Waals surface area contributed by atoms with Crippen LogP contribution >= 0.6 is 34.8 Å². The molecule has 0 atom stereocenters. The maximum absolute atomic E-state index is 9.20. The minimum atomic E-state index is 0.217. The number of benzene rings is 2. The topological polar surface area (TPSA) is 29.5 Å². The molecule has 0 radical (unpaired) electrons. The van der Waals surface area contributed by atoms with Crippen molar-refractivity contribution in [2.45, 2.75) is 12.5 Å². The third-order valence-corrected chi connectivity index (χ3v) is 3.34. The van der Waals surface area contributed by atoms with Gasteiger partial charge in [0.15, 0.2) is 0 Å². The molecule has 0 bridgehead atoms. The first-order valence-corrected chi connectivity index (χ1v) is 6.84. The molecule has 19 heavy (non-hydrogen) atoms. The minimum absolute atomic E-state index is 0.217. The lowest BCUT2D eigenvalue weighted by molar-refractivity contribution is 0.304. The van der Waals surface area contributed by atoms with Crippen LogP contribution in [-0.2, 0) is 12.5 Å². The molecular weight excluding hydrogens is 307 g/mol. The molecular formula is C14H11Cl3O2. The molecule has 0 saturated heterocycles. The Bertz CT molecular complexity index is 568. The summed E-state index contributed by atoms with van der Waals surface area (Å²) in [6, 6.07) is 10.1. The van der Waals surface area contributed by atoms with Gasteiger partial charge in [-0.2, -0.15) is 0 Å². The van der Waals surface area contributed by atoms with Crippen molar-refractivity contribution >= 4 is 34.8 Å². The number of rotatable bonds is 4. The highest BCUT2D eigenvalue weighted by Crippen LogP contribution is 2.34. The standard InChI is InChI=1S/C14H11Cl3O2/c15-7-10-5-11(16)6-13(17)14(10)19-8-9-1-3-12(18)4-2-9/h1-6,18H,7-8H2. The van der Waals surface area contributed by atoms with Crippen molar-refractivity contribution in [3.05, 3.63) is 57.6 Å². The maximum atomic E-state index is 9.20. The molecule has 2 nitrogen and oxygen atoms in total. The molecule has 0 aliphatic carbocycles. The highest BCUT2D eigenvalue weighted by Gasteiger charge is 2.10. The van der Waals surface area contributed by atoms with Gasteiger partial charge in [-0.25, -0.2) is 0 Å². The highest BCUT2D eigenvalue weighted by molar-refractivity contribution is 6.36. The highest BCUT2D eigenvalue weighted by atomic mass is 35.5. The van der Waals surface area contributed by atoms with Crippen LogP contribution < -0.4 is 4.74 Å². The first-order chi connectivity index (χ1) is 9.10. The minimum Gasteiger partial charge on any atom is -0.508 e. The first-order valence-electron chi connectivity index (χ1n) is 5.54. The third kappa shape index (κ3) is 3.69. The number of phenolic OH excluding ortho intramolecular Hbond substituents is 1. The molecule has 0 amide bonds. The van der Waals surface area contributed by atoms with Gasteiger partial charge in [0.05, 0.1) is 10.9 Å². The molecule has 0 aliphatic heterocycles. The summed E-state index contributed by atoms with van der Waals surface area (Å²) in [6.45, 7) is 0.339. The SMILES string of the molecule is Oc1ccc(COc2c(Cl)cc(Cl)cc2CCl)cc1. The van der Waals surface area contributed by atoms with Crippen LogP contribution in [0.2, 0.25) is 10.0 Å². The zero-order valence-electron chi connectivity index (χ0n) is 9.87. The van der Waals surface area contributed by atoms with E-state index in [0.29, 0.717) is 22.4 Å². The fourth-order valence-corrected chi connectivity index (χ4v) is 2.41. The average Bonchev–Trinajstić information content (AvgIpc) is 2.39. The smallest absolute Gasteiger partial charge is 0.142 e. The lowest BCUT2D eigenvalue weighted by Gasteiger charge is -2.12. The van der Waals surface area contributed by atoms with E-state index in [0.717, 1.165) is 11.1 Å². The molecule has 2 aromatic rings. The van der Waals surface area contributed by atoms with Gasteiger partial charge in [-0.3, -0.25) is 0 Å². The summed E-state index contributed by atoms with van der Waals surface area (Å²) >= 11 is 17.9. The van der Waals surface area contributed by atoms with E-state index in [1.807, 2.05) is 0 Å². The largest absolute Gasteiger partial charge is 0.508 e.